The zero-order valence-corrected chi connectivity index (χ0v) is 18.3. The van der Waals surface area contributed by atoms with E-state index in [-0.39, 0.29) is 11.8 Å². The molecule has 0 unspecified atom stereocenters. The first kappa shape index (κ1) is 20.2. The maximum atomic E-state index is 13.7. The molecule has 2 amide bonds. The molecule has 0 saturated heterocycles. The normalized spacial score (nSPS) is 14.1. The summed E-state index contributed by atoms with van der Waals surface area (Å²) in [6.07, 6.45) is 0. The SMILES string of the molecule is Cc1ccc(C2=C(Sc3ccccc3)C(=O)N(c3cccc(C)c3C)C2=O)c(C)c1. The minimum Gasteiger partial charge on any atom is -0.268 e. The van der Waals surface area contributed by atoms with Gasteiger partial charge in [0.15, 0.2) is 0 Å². The van der Waals surface area contributed by atoms with E-state index in [1.165, 1.54) is 16.7 Å². The maximum absolute atomic E-state index is 13.7. The minimum absolute atomic E-state index is 0.265. The van der Waals surface area contributed by atoms with Gasteiger partial charge in [0.05, 0.1) is 16.2 Å². The van der Waals surface area contributed by atoms with Crippen molar-refractivity contribution in [3.8, 4) is 0 Å². The van der Waals surface area contributed by atoms with Gasteiger partial charge in [-0.2, -0.15) is 0 Å². The second-order valence-corrected chi connectivity index (χ2v) is 8.69. The molecular weight excluding hydrogens is 390 g/mol. The average molecular weight is 414 g/mol. The van der Waals surface area contributed by atoms with Gasteiger partial charge >= 0.3 is 0 Å². The largest absolute Gasteiger partial charge is 0.272 e. The highest BCUT2D eigenvalue weighted by Gasteiger charge is 2.41. The third kappa shape index (κ3) is 3.48. The van der Waals surface area contributed by atoms with Crippen LogP contribution < -0.4 is 4.90 Å². The first-order chi connectivity index (χ1) is 14.4. The fourth-order valence-electron chi connectivity index (χ4n) is 3.74. The van der Waals surface area contributed by atoms with Gasteiger partial charge in [-0.15, -0.1) is 0 Å². The highest BCUT2D eigenvalue weighted by molar-refractivity contribution is 8.04. The number of imide groups is 1. The molecule has 0 aliphatic carbocycles. The molecule has 0 N–H and O–H groups in total. The van der Waals surface area contributed by atoms with Crippen molar-refractivity contribution in [2.24, 2.45) is 0 Å². The molecule has 0 spiro atoms. The van der Waals surface area contributed by atoms with Crippen LogP contribution in [-0.4, -0.2) is 11.8 Å². The van der Waals surface area contributed by atoms with Crippen LogP contribution in [0.3, 0.4) is 0 Å². The molecule has 3 aromatic rings. The van der Waals surface area contributed by atoms with Crippen LogP contribution >= 0.6 is 11.8 Å². The Morgan fingerprint density at radius 3 is 2.17 bits per heavy atom. The van der Waals surface area contributed by atoms with Gasteiger partial charge < -0.3 is 0 Å². The predicted molar refractivity (Wildman–Crippen MR) is 124 cm³/mol. The lowest BCUT2D eigenvalue weighted by Crippen LogP contribution is -2.32. The maximum Gasteiger partial charge on any atom is 0.272 e. The fourth-order valence-corrected chi connectivity index (χ4v) is 4.75. The Kier molecular flexibility index (Phi) is 5.35. The summed E-state index contributed by atoms with van der Waals surface area (Å²) < 4.78 is 0. The van der Waals surface area contributed by atoms with Crippen molar-refractivity contribution in [1.29, 1.82) is 0 Å². The monoisotopic (exact) mass is 413 g/mol. The van der Waals surface area contributed by atoms with Crippen LogP contribution in [0.1, 0.15) is 27.8 Å². The van der Waals surface area contributed by atoms with Crippen molar-refractivity contribution in [3.63, 3.8) is 0 Å². The molecule has 3 aromatic carbocycles. The number of nitrogens with zero attached hydrogens (tertiary/aromatic N) is 1. The van der Waals surface area contributed by atoms with Crippen molar-refractivity contribution in [2.75, 3.05) is 4.90 Å². The number of benzene rings is 3. The van der Waals surface area contributed by atoms with E-state index in [9.17, 15) is 9.59 Å². The third-order valence-electron chi connectivity index (χ3n) is 5.47. The number of carbonyl (C=O) groups excluding carboxylic acids is 2. The first-order valence-electron chi connectivity index (χ1n) is 9.88. The number of hydrogen-bond acceptors (Lipinski definition) is 3. The van der Waals surface area contributed by atoms with E-state index in [1.54, 1.807) is 0 Å². The van der Waals surface area contributed by atoms with Gasteiger partial charge in [-0.05, 0) is 68.1 Å². The molecule has 0 atom stereocenters. The van der Waals surface area contributed by atoms with E-state index in [0.717, 1.165) is 32.7 Å². The van der Waals surface area contributed by atoms with Crippen LogP contribution in [0.2, 0.25) is 0 Å². The third-order valence-corrected chi connectivity index (χ3v) is 6.56. The first-order valence-corrected chi connectivity index (χ1v) is 10.7. The molecule has 30 heavy (non-hydrogen) atoms. The molecular formula is C26H23NO2S. The number of carbonyl (C=O) groups is 2. The van der Waals surface area contributed by atoms with Gasteiger partial charge in [0.25, 0.3) is 11.8 Å². The molecule has 0 aromatic heterocycles. The lowest BCUT2D eigenvalue weighted by Gasteiger charge is -2.19. The Hall–Kier alpha value is -3.11. The smallest absolute Gasteiger partial charge is 0.268 e. The van der Waals surface area contributed by atoms with Crippen LogP contribution in [-0.2, 0) is 9.59 Å². The van der Waals surface area contributed by atoms with E-state index in [2.05, 4.69) is 0 Å². The van der Waals surface area contributed by atoms with Gasteiger partial charge in [-0.25, -0.2) is 4.90 Å². The van der Waals surface area contributed by atoms with Crippen LogP contribution in [0.4, 0.5) is 5.69 Å². The van der Waals surface area contributed by atoms with Gasteiger partial charge in [-0.1, -0.05) is 65.9 Å². The second kappa shape index (κ2) is 7.96. The number of aryl methyl sites for hydroxylation is 3. The van der Waals surface area contributed by atoms with E-state index in [4.69, 9.17) is 0 Å². The average Bonchev–Trinajstić information content (AvgIpc) is 2.95. The zero-order valence-electron chi connectivity index (χ0n) is 17.5. The summed E-state index contributed by atoms with van der Waals surface area (Å²) in [6, 6.07) is 21.4. The molecule has 4 heteroatoms. The summed E-state index contributed by atoms with van der Waals surface area (Å²) in [4.78, 5) is 30.0. The van der Waals surface area contributed by atoms with Gasteiger partial charge in [0, 0.05) is 4.90 Å². The van der Waals surface area contributed by atoms with Gasteiger partial charge in [0.1, 0.15) is 0 Å². The Labute approximate surface area is 181 Å². The summed E-state index contributed by atoms with van der Waals surface area (Å²) in [5.74, 6) is -0.531. The van der Waals surface area contributed by atoms with Gasteiger partial charge in [0.2, 0.25) is 0 Å². The second-order valence-electron chi connectivity index (χ2n) is 7.60. The topological polar surface area (TPSA) is 37.4 Å². The zero-order chi connectivity index (χ0) is 21.4. The molecule has 0 radical (unpaired) electrons. The summed E-state index contributed by atoms with van der Waals surface area (Å²) >= 11 is 1.35. The van der Waals surface area contributed by atoms with Crippen LogP contribution in [0.15, 0.2) is 76.5 Å². The quantitative estimate of drug-likeness (QED) is 0.493. The molecule has 3 nitrogen and oxygen atoms in total. The summed E-state index contributed by atoms with van der Waals surface area (Å²) in [5, 5.41) is 0. The van der Waals surface area contributed by atoms with E-state index in [0.29, 0.717) is 16.2 Å². The Morgan fingerprint density at radius 1 is 0.733 bits per heavy atom. The Morgan fingerprint density at radius 2 is 1.47 bits per heavy atom. The van der Waals surface area contributed by atoms with E-state index >= 15 is 0 Å². The van der Waals surface area contributed by atoms with Crippen molar-refractivity contribution >= 4 is 34.8 Å². The lowest BCUT2D eigenvalue weighted by molar-refractivity contribution is -0.119. The number of amides is 2. The minimum atomic E-state index is -0.266. The van der Waals surface area contributed by atoms with Crippen molar-refractivity contribution in [3.05, 3.63) is 99.5 Å². The molecule has 0 bridgehead atoms. The molecule has 0 saturated carbocycles. The Balaban J connectivity index is 1.89. The van der Waals surface area contributed by atoms with E-state index in [1.807, 2.05) is 94.4 Å². The molecule has 150 valence electrons. The predicted octanol–water partition coefficient (Wildman–Crippen LogP) is 6.00. The van der Waals surface area contributed by atoms with Crippen LogP contribution in [0.25, 0.3) is 5.57 Å². The highest BCUT2D eigenvalue weighted by Crippen LogP contribution is 2.43. The summed E-state index contributed by atoms with van der Waals surface area (Å²) in [6.45, 7) is 7.94. The van der Waals surface area contributed by atoms with Crippen molar-refractivity contribution in [2.45, 2.75) is 32.6 Å². The standard InChI is InChI=1S/C26H23NO2S/c1-16-13-14-21(18(3)15-16)23-24(30-20-10-6-5-7-11-20)26(29)27(25(23)28)22-12-8-9-17(2)19(22)4/h5-15H,1-4H3. The summed E-state index contributed by atoms with van der Waals surface area (Å²) in [7, 11) is 0. The molecule has 0 fully saturated rings. The molecule has 4 rings (SSSR count). The number of hydrogen-bond donors (Lipinski definition) is 0. The molecule has 1 aliphatic rings. The fraction of sp³-hybridized carbons (Fsp3) is 0.154. The number of anilines is 1. The van der Waals surface area contributed by atoms with Crippen molar-refractivity contribution in [1.82, 2.24) is 0 Å². The number of thioether (sulfide) groups is 1. The lowest BCUT2D eigenvalue weighted by atomic mass is 9.98. The summed E-state index contributed by atoms with van der Waals surface area (Å²) in [5.41, 5.74) is 6.03. The Bertz CT molecular complexity index is 1190. The van der Waals surface area contributed by atoms with Crippen LogP contribution in [0.5, 0.6) is 0 Å². The number of rotatable bonds is 4. The highest BCUT2D eigenvalue weighted by atomic mass is 32.2. The van der Waals surface area contributed by atoms with Gasteiger partial charge in [-0.3, -0.25) is 9.59 Å². The molecule has 1 heterocycles. The molecule has 1 aliphatic heterocycles. The van der Waals surface area contributed by atoms with E-state index < -0.39 is 0 Å². The van der Waals surface area contributed by atoms with Crippen molar-refractivity contribution < 1.29 is 9.59 Å². The van der Waals surface area contributed by atoms with Crippen LogP contribution in [0, 0.1) is 27.7 Å².